The topological polar surface area (TPSA) is 109 Å². The Morgan fingerprint density at radius 3 is 2.56 bits per heavy atom. The number of nitrogens with two attached hydrogens (primary N) is 1. The van der Waals surface area contributed by atoms with Gasteiger partial charge in [-0.25, -0.2) is 9.59 Å². The normalized spacial score (nSPS) is 10.4. The zero-order chi connectivity index (χ0) is 18.0. The monoisotopic (exact) mass is 339 g/mol. The third-order valence-electron chi connectivity index (χ3n) is 3.49. The molecule has 2 aromatic carbocycles. The predicted octanol–water partition coefficient (Wildman–Crippen LogP) is 2.12. The molecule has 0 fully saturated rings. The third kappa shape index (κ3) is 3.35. The maximum absolute atomic E-state index is 12.2. The summed E-state index contributed by atoms with van der Waals surface area (Å²) in [6, 6.07) is 12.3. The first-order valence-electron chi connectivity index (χ1n) is 7.22. The number of hydrogen-bond acceptors (Lipinski definition) is 6. The molecule has 0 aliphatic rings. The largest absolute Gasteiger partial charge is 0.497 e. The summed E-state index contributed by atoms with van der Waals surface area (Å²) >= 11 is 0. The van der Waals surface area contributed by atoms with E-state index in [2.05, 4.69) is 0 Å². The molecule has 1 heterocycles. The first-order valence-corrected chi connectivity index (χ1v) is 7.22. The number of fused-ring (bicyclic) bond motifs is 1. The van der Waals surface area contributed by atoms with E-state index in [1.165, 1.54) is 25.3 Å². The van der Waals surface area contributed by atoms with Crippen molar-refractivity contribution in [2.45, 2.75) is 0 Å². The number of amides is 1. The van der Waals surface area contributed by atoms with Crippen LogP contribution < -0.4 is 20.8 Å². The van der Waals surface area contributed by atoms with Crippen LogP contribution in [0.5, 0.6) is 11.5 Å². The summed E-state index contributed by atoms with van der Waals surface area (Å²) in [5, 5.41) is 0.481. The number of methoxy groups -OCH3 is 1. The van der Waals surface area contributed by atoms with E-state index in [0.717, 1.165) is 0 Å². The van der Waals surface area contributed by atoms with Gasteiger partial charge in [0.05, 0.1) is 12.7 Å². The first kappa shape index (κ1) is 16.3. The Bertz CT molecular complexity index is 1040. The van der Waals surface area contributed by atoms with Crippen molar-refractivity contribution in [3.05, 3.63) is 70.1 Å². The van der Waals surface area contributed by atoms with Crippen molar-refractivity contribution in [1.82, 2.24) is 0 Å². The number of hydrogen-bond donors (Lipinski definition) is 1. The van der Waals surface area contributed by atoms with Crippen LogP contribution in [0, 0.1) is 0 Å². The number of esters is 1. The van der Waals surface area contributed by atoms with Crippen molar-refractivity contribution in [3.63, 3.8) is 0 Å². The van der Waals surface area contributed by atoms with Gasteiger partial charge >= 0.3 is 11.6 Å². The number of ether oxygens (including phenoxy) is 2. The van der Waals surface area contributed by atoms with Crippen molar-refractivity contribution in [1.29, 1.82) is 0 Å². The van der Waals surface area contributed by atoms with E-state index in [0.29, 0.717) is 16.7 Å². The van der Waals surface area contributed by atoms with E-state index in [1.54, 1.807) is 30.3 Å². The maximum Gasteiger partial charge on any atom is 0.349 e. The van der Waals surface area contributed by atoms with Crippen LogP contribution in [-0.4, -0.2) is 19.0 Å². The Kier molecular flexibility index (Phi) is 4.21. The van der Waals surface area contributed by atoms with Crippen molar-refractivity contribution in [3.8, 4) is 11.5 Å². The number of rotatable bonds is 4. The Morgan fingerprint density at radius 1 is 1.04 bits per heavy atom. The van der Waals surface area contributed by atoms with Gasteiger partial charge in [-0.15, -0.1) is 0 Å². The molecule has 0 unspecified atom stereocenters. The van der Waals surface area contributed by atoms with E-state index in [-0.39, 0.29) is 16.9 Å². The molecule has 126 valence electrons. The second kappa shape index (κ2) is 6.48. The number of carbonyl (C=O) groups excluding carboxylic acids is 2. The average Bonchev–Trinajstić information content (AvgIpc) is 2.60. The van der Waals surface area contributed by atoms with Gasteiger partial charge in [-0.3, -0.25) is 4.79 Å². The van der Waals surface area contributed by atoms with E-state index >= 15 is 0 Å². The molecule has 2 N–H and O–H groups in total. The van der Waals surface area contributed by atoms with Gasteiger partial charge in [-0.05, 0) is 36.4 Å². The molecule has 0 aliphatic carbocycles. The lowest BCUT2D eigenvalue weighted by Gasteiger charge is -2.07. The van der Waals surface area contributed by atoms with Crippen molar-refractivity contribution in [2.24, 2.45) is 5.73 Å². The zero-order valence-electron chi connectivity index (χ0n) is 13.1. The predicted molar refractivity (Wildman–Crippen MR) is 89.0 cm³/mol. The first-order chi connectivity index (χ1) is 12.0. The van der Waals surface area contributed by atoms with Crippen LogP contribution in [0.3, 0.4) is 0 Å². The summed E-state index contributed by atoms with van der Waals surface area (Å²) in [4.78, 5) is 35.1. The third-order valence-corrected chi connectivity index (χ3v) is 3.49. The van der Waals surface area contributed by atoms with Gasteiger partial charge in [0.1, 0.15) is 22.6 Å². The molecule has 3 rings (SSSR count). The van der Waals surface area contributed by atoms with E-state index in [1.807, 2.05) is 0 Å². The summed E-state index contributed by atoms with van der Waals surface area (Å²) in [5.41, 5.74) is 4.50. The molecular weight excluding hydrogens is 326 g/mol. The van der Waals surface area contributed by atoms with Gasteiger partial charge in [0.2, 0.25) is 0 Å². The molecule has 25 heavy (non-hydrogen) atoms. The van der Waals surface area contributed by atoms with Crippen LogP contribution in [0.2, 0.25) is 0 Å². The Hall–Kier alpha value is -3.61. The van der Waals surface area contributed by atoms with Crippen LogP contribution in [0.4, 0.5) is 0 Å². The fraction of sp³-hybridized carbons (Fsp3) is 0.0556. The van der Waals surface area contributed by atoms with E-state index < -0.39 is 17.5 Å². The highest BCUT2D eigenvalue weighted by atomic mass is 16.5. The fourth-order valence-corrected chi connectivity index (χ4v) is 2.24. The minimum absolute atomic E-state index is 0.172. The molecule has 0 bridgehead atoms. The average molecular weight is 339 g/mol. The second-order valence-electron chi connectivity index (χ2n) is 5.13. The van der Waals surface area contributed by atoms with Crippen LogP contribution in [-0.2, 0) is 0 Å². The molecule has 0 atom stereocenters. The van der Waals surface area contributed by atoms with Gasteiger partial charge in [0.25, 0.3) is 5.91 Å². The van der Waals surface area contributed by atoms with Crippen LogP contribution >= 0.6 is 0 Å². The highest BCUT2D eigenvalue weighted by Gasteiger charge is 2.13. The Labute approximate surface area is 141 Å². The van der Waals surface area contributed by atoms with Gasteiger partial charge in [0, 0.05) is 11.5 Å². The molecular formula is C18H13NO6. The summed E-state index contributed by atoms with van der Waals surface area (Å²) in [7, 11) is 1.50. The molecule has 0 aliphatic heterocycles. The van der Waals surface area contributed by atoms with E-state index in [9.17, 15) is 14.4 Å². The Balaban J connectivity index is 1.91. The smallest absolute Gasteiger partial charge is 0.349 e. The quantitative estimate of drug-likeness (QED) is 0.443. The van der Waals surface area contributed by atoms with Crippen LogP contribution in [0.1, 0.15) is 20.7 Å². The summed E-state index contributed by atoms with van der Waals surface area (Å²) in [6.07, 6.45) is 0. The van der Waals surface area contributed by atoms with Gasteiger partial charge in [-0.2, -0.15) is 0 Å². The number of benzene rings is 2. The maximum atomic E-state index is 12.2. The molecule has 0 radical (unpaired) electrons. The lowest BCUT2D eigenvalue weighted by molar-refractivity contribution is 0.0734. The molecule has 0 saturated carbocycles. The molecule has 1 amide bonds. The zero-order valence-corrected chi connectivity index (χ0v) is 13.1. The highest BCUT2D eigenvalue weighted by molar-refractivity contribution is 5.96. The molecule has 7 nitrogen and oxygen atoms in total. The van der Waals surface area contributed by atoms with Crippen LogP contribution in [0.25, 0.3) is 11.0 Å². The van der Waals surface area contributed by atoms with Crippen LogP contribution in [0.15, 0.2) is 57.7 Å². The fourth-order valence-electron chi connectivity index (χ4n) is 2.24. The number of primary amides is 1. The summed E-state index contributed by atoms with van der Waals surface area (Å²) in [6.45, 7) is 0. The van der Waals surface area contributed by atoms with Gasteiger partial charge in [-0.1, -0.05) is 6.07 Å². The molecule has 1 aromatic heterocycles. The summed E-state index contributed by atoms with van der Waals surface area (Å²) in [5.74, 6) is -0.744. The lowest BCUT2D eigenvalue weighted by Crippen LogP contribution is -2.20. The van der Waals surface area contributed by atoms with E-state index in [4.69, 9.17) is 19.6 Å². The van der Waals surface area contributed by atoms with Crippen molar-refractivity contribution in [2.75, 3.05) is 7.11 Å². The lowest BCUT2D eigenvalue weighted by atomic mass is 10.1. The minimum Gasteiger partial charge on any atom is -0.497 e. The highest BCUT2D eigenvalue weighted by Crippen LogP contribution is 2.22. The molecule has 0 saturated heterocycles. The molecule has 0 spiro atoms. The standard InChI is InChI=1S/C18H13NO6/c1-23-12-4-2-3-11(7-12)17(21)24-13-6-5-10-8-14(16(19)20)18(22)25-15(10)9-13/h2-9H,1H3,(H2,19,20). The molecule has 3 aromatic rings. The minimum atomic E-state index is -0.871. The molecule has 7 heteroatoms. The second-order valence-corrected chi connectivity index (χ2v) is 5.13. The Morgan fingerprint density at radius 2 is 1.84 bits per heavy atom. The van der Waals surface area contributed by atoms with Crippen molar-refractivity contribution < 1.29 is 23.5 Å². The van der Waals surface area contributed by atoms with Gasteiger partial charge in [0.15, 0.2) is 0 Å². The van der Waals surface area contributed by atoms with Crippen molar-refractivity contribution >= 4 is 22.8 Å². The van der Waals surface area contributed by atoms with Gasteiger partial charge < -0.3 is 19.6 Å². The SMILES string of the molecule is COc1cccc(C(=O)Oc2ccc3cc(C(N)=O)c(=O)oc3c2)c1. The summed E-state index contributed by atoms with van der Waals surface area (Å²) < 4.78 is 15.4. The number of carbonyl (C=O) groups is 2.